The van der Waals surface area contributed by atoms with Crippen molar-refractivity contribution in [2.45, 2.75) is 45.0 Å². The highest BCUT2D eigenvalue weighted by atomic mass is 16.3. The van der Waals surface area contributed by atoms with Gasteiger partial charge in [0.15, 0.2) is 0 Å². The first-order chi connectivity index (χ1) is 9.04. The van der Waals surface area contributed by atoms with Crippen LogP contribution in [0.25, 0.3) is 0 Å². The molecule has 5 nitrogen and oxygen atoms in total. The molecule has 19 heavy (non-hydrogen) atoms. The van der Waals surface area contributed by atoms with Gasteiger partial charge >= 0.3 is 0 Å². The summed E-state index contributed by atoms with van der Waals surface area (Å²) in [6.07, 6.45) is 2.78. The lowest BCUT2D eigenvalue weighted by Crippen LogP contribution is -2.54. The molecule has 2 fully saturated rings. The minimum absolute atomic E-state index is 0.129. The molecule has 0 radical (unpaired) electrons. The lowest BCUT2D eigenvalue weighted by Gasteiger charge is -2.42. The number of aromatic nitrogens is 2. The third-order valence-electron chi connectivity index (χ3n) is 4.75. The molecule has 0 amide bonds. The first kappa shape index (κ1) is 13.1. The molecule has 2 aliphatic heterocycles. The van der Waals surface area contributed by atoms with E-state index in [0.717, 1.165) is 38.4 Å². The van der Waals surface area contributed by atoms with Crippen molar-refractivity contribution in [3.8, 4) is 0 Å². The Balaban J connectivity index is 1.70. The van der Waals surface area contributed by atoms with Gasteiger partial charge in [-0.25, -0.2) is 4.98 Å². The molecule has 0 bridgehead atoms. The van der Waals surface area contributed by atoms with Gasteiger partial charge in [0.1, 0.15) is 5.82 Å². The van der Waals surface area contributed by atoms with Crippen LogP contribution in [0.1, 0.15) is 24.9 Å². The fourth-order valence-corrected chi connectivity index (χ4v) is 3.40. The van der Waals surface area contributed by atoms with Crippen molar-refractivity contribution in [2.24, 2.45) is 7.05 Å². The van der Waals surface area contributed by atoms with Gasteiger partial charge in [-0.15, -0.1) is 0 Å². The maximum atomic E-state index is 9.80. The monoisotopic (exact) mass is 264 g/mol. The molecule has 3 rings (SSSR count). The summed E-state index contributed by atoms with van der Waals surface area (Å²) in [5, 5.41) is 9.80. The Kier molecular flexibility index (Phi) is 3.37. The summed E-state index contributed by atoms with van der Waals surface area (Å²) in [7, 11) is 2.08. The quantitative estimate of drug-likeness (QED) is 0.838. The van der Waals surface area contributed by atoms with Crippen molar-refractivity contribution in [1.29, 1.82) is 0 Å². The van der Waals surface area contributed by atoms with Crippen LogP contribution in [-0.2, 0) is 13.6 Å². The van der Waals surface area contributed by atoms with E-state index in [-0.39, 0.29) is 6.10 Å². The maximum absolute atomic E-state index is 9.80. The first-order valence-corrected chi connectivity index (χ1v) is 7.18. The summed E-state index contributed by atoms with van der Waals surface area (Å²) in [6, 6.07) is 1.07. The van der Waals surface area contributed by atoms with E-state index >= 15 is 0 Å². The average molecular weight is 264 g/mol. The highest BCUT2D eigenvalue weighted by molar-refractivity contribution is 5.05. The standard InChI is InChI=1S/C14H24N4O/c1-10-6-18-9-14(19)4-12(18)7-17(10)8-13-5-15-11(2)16(13)3/h5,10,12,14,19H,4,6-9H2,1-3H3/t10-,12+,14-/m1/s1. The Morgan fingerprint density at radius 2 is 2.16 bits per heavy atom. The van der Waals surface area contributed by atoms with Crippen molar-refractivity contribution in [1.82, 2.24) is 19.4 Å². The predicted molar refractivity (Wildman–Crippen MR) is 73.8 cm³/mol. The molecule has 0 spiro atoms. The zero-order valence-electron chi connectivity index (χ0n) is 12.1. The van der Waals surface area contributed by atoms with E-state index in [1.165, 1.54) is 5.69 Å². The summed E-state index contributed by atoms with van der Waals surface area (Å²) < 4.78 is 2.17. The van der Waals surface area contributed by atoms with E-state index in [0.29, 0.717) is 12.1 Å². The van der Waals surface area contributed by atoms with Gasteiger partial charge in [0, 0.05) is 51.5 Å². The average Bonchev–Trinajstić information content (AvgIpc) is 2.85. The summed E-state index contributed by atoms with van der Waals surface area (Å²) in [4.78, 5) is 9.34. The van der Waals surface area contributed by atoms with Crippen LogP contribution < -0.4 is 0 Å². The molecule has 106 valence electrons. The number of hydrogen-bond acceptors (Lipinski definition) is 4. The number of rotatable bonds is 2. The number of nitrogens with zero attached hydrogens (tertiary/aromatic N) is 4. The summed E-state index contributed by atoms with van der Waals surface area (Å²) in [5.41, 5.74) is 1.27. The van der Waals surface area contributed by atoms with Crippen LogP contribution in [-0.4, -0.2) is 62.3 Å². The van der Waals surface area contributed by atoms with Crippen LogP contribution in [0.4, 0.5) is 0 Å². The molecule has 0 unspecified atom stereocenters. The van der Waals surface area contributed by atoms with Gasteiger partial charge in [-0.05, 0) is 20.3 Å². The molecular formula is C14H24N4O. The molecule has 3 atom stereocenters. The summed E-state index contributed by atoms with van der Waals surface area (Å²) in [6.45, 7) is 8.26. The van der Waals surface area contributed by atoms with Crippen molar-refractivity contribution in [2.75, 3.05) is 19.6 Å². The molecule has 1 aromatic rings. The lowest BCUT2D eigenvalue weighted by atomic mass is 10.1. The van der Waals surface area contributed by atoms with E-state index < -0.39 is 0 Å². The topological polar surface area (TPSA) is 44.5 Å². The van der Waals surface area contributed by atoms with Gasteiger partial charge < -0.3 is 9.67 Å². The second-order valence-electron chi connectivity index (χ2n) is 6.13. The Hall–Kier alpha value is -0.910. The van der Waals surface area contributed by atoms with E-state index in [4.69, 9.17) is 0 Å². The zero-order valence-corrected chi connectivity index (χ0v) is 12.1. The second-order valence-corrected chi connectivity index (χ2v) is 6.13. The van der Waals surface area contributed by atoms with Crippen molar-refractivity contribution in [3.63, 3.8) is 0 Å². The molecule has 1 N–H and O–H groups in total. The first-order valence-electron chi connectivity index (χ1n) is 7.18. The van der Waals surface area contributed by atoms with E-state index in [1.807, 2.05) is 13.1 Å². The number of fused-ring (bicyclic) bond motifs is 1. The van der Waals surface area contributed by atoms with Gasteiger partial charge in [0.2, 0.25) is 0 Å². The molecule has 0 saturated carbocycles. The zero-order chi connectivity index (χ0) is 13.6. The van der Waals surface area contributed by atoms with Gasteiger partial charge in [-0.2, -0.15) is 0 Å². The molecule has 2 aliphatic rings. The van der Waals surface area contributed by atoms with Crippen LogP contribution >= 0.6 is 0 Å². The van der Waals surface area contributed by atoms with E-state index in [2.05, 4.69) is 33.3 Å². The molecule has 1 aromatic heterocycles. The Labute approximate surface area is 114 Å². The number of aliphatic hydroxyl groups excluding tert-OH is 1. The molecule has 3 heterocycles. The molecular weight excluding hydrogens is 240 g/mol. The molecule has 2 saturated heterocycles. The lowest BCUT2D eigenvalue weighted by molar-refractivity contribution is 0.0514. The SMILES string of the molecule is Cc1ncc(CN2C[C@@H]3C[C@@H](O)CN3C[C@H]2C)n1C. The highest BCUT2D eigenvalue weighted by Gasteiger charge is 2.38. The van der Waals surface area contributed by atoms with Crippen LogP contribution in [0.2, 0.25) is 0 Å². The summed E-state index contributed by atoms with van der Waals surface area (Å²) >= 11 is 0. The Morgan fingerprint density at radius 1 is 1.37 bits per heavy atom. The Bertz CT molecular complexity index is 458. The van der Waals surface area contributed by atoms with Crippen LogP contribution in [0.15, 0.2) is 6.20 Å². The minimum Gasteiger partial charge on any atom is -0.392 e. The minimum atomic E-state index is -0.129. The van der Waals surface area contributed by atoms with E-state index in [9.17, 15) is 5.11 Å². The fraction of sp³-hybridized carbons (Fsp3) is 0.786. The normalized spacial score (nSPS) is 32.7. The van der Waals surface area contributed by atoms with Crippen molar-refractivity contribution < 1.29 is 5.11 Å². The smallest absolute Gasteiger partial charge is 0.105 e. The maximum Gasteiger partial charge on any atom is 0.105 e. The van der Waals surface area contributed by atoms with Gasteiger partial charge in [0.25, 0.3) is 0 Å². The second kappa shape index (κ2) is 4.89. The summed E-state index contributed by atoms with van der Waals surface area (Å²) in [5.74, 6) is 1.07. The number of piperazine rings is 1. The van der Waals surface area contributed by atoms with Crippen molar-refractivity contribution in [3.05, 3.63) is 17.7 Å². The van der Waals surface area contributed by atoms with Gasteiger partial charge in [-0.3, -0.25) is 9.80 Å². The molecule has 0 aliphatic carbocycles. The van der Waals surface area contributed by atoms with E-state index in [1.54, 1.807) is 0 Å². The van der Waals surface area contributed by atoms with Crippen LogP contribution in [0.5, 0.6) is 0 Å². The highest BCUT2D eigenvalue weighted by Crippen LogP contribution is 2.26. The van der Waals surface area contributed by atoms with Crippen molar-refractivity contribution >= 4 is 0 Å². The Morgan fingerprint density at radius 3 is 2.84 bits per heavy atom. The molecule has 5 heteroatoms. The number of aliphatic hydroxyl groups is 1. The largest absolute Gasteiger partial charge is 0.392 e. The third kappa shape index (κ3) is 2.42. The van der Waals surface area contributed by atoms with Crippen LogP contribution in [0, 0.1) is 6.92 Å². The van der Waals surface area contributed by atoms with Gasteiger partial charge in [0.05, 0.1) is 11.8 Å². The fourth-order valence-electron chi connectivity index (χ4n) is 3.40. The number of aryl methyl sites for hydroxylation is 1. The third-order valence-corrected chi connectivity index (χ3v) is 4.75. The number of imidazole rings is 1. The number of hydrogen-bond donors (Lipinski definition) is 1. The van der Waals surface area contributed by atoms with Gasteiger partial charge in [-0.1, -0.05) is 0 Å². The van der Waals surface area contributed by atoms with Crippen LogP contribution in [0.3, 0.4) is 0 Å². The molecule has 0 aromatic carbocycles. The predicted octanol–water partition coefficient (Wildman–Crippen LogP) is 0.368.